The first-order valence-electron chi connectivity index (χ1n) is 6.32. The molecule has 18 heavy (non-hydrogen) atoms. The summed E-state index contributed by atoms with van der Waals surface area (Å²) in [6, 6.07) is 4.98. The number of benzene rings is 1. The lowest BCUT2D eigenvalue weighted by Crippen LogP contribution is -2.41. The largest absolute Gasteiger partial charge is 0.311 e. The molecule has 1 aromatic carbocycles. The summed E-state index contributed by atoms with van der Waals surface area (Å²) in [5.41, 5.74) is 1.35. The first kappa shape index (κ1) is 13.0. The molecule has 1 heterocycles. The van der Waals surface area contributed by atoms with Crippen molar-refractivity contribution in [3.05, 3.63) is 29.6 Å². The maximum atomic E-state index is 13.2. The Labute approximate surface area is 107 Å². The third-order valence-corrected chi connectivity index (χ3v) is 3.19. The van der Waals surface area contributed by atoms with Gasteiger partial charge in [-0.05, 0) is 37.1 Å². The second-order valence-corrected chi connectivity index (χ2v) is 5.09. The molecule has 0 aromatic heterocycles. The smallest absolute Gasteiger partial charge is 0.244 e. The van der Waals surface area contributed by atoms with Crippen molar-refractivity contribution < 1.29 is 9.18 Å². The minimum Gasteiger partial charge on any atom is -0.311 e. The van der Waals surface area contributed by atoms with Crippen molar-refractivity contribution in [2.45, 2.75) is 39.3 Å². The van der Waals surface area contributed by atoms with E-state index in [1.807, 2.05) is 13.8 Å². The van der Waals surface area contributed by atoms with Gasteiger partial charge in [0.1, 0.15) is 5.82 Å². The summed E-state index contributed by atoms with van der Waals surface area (Å²) < 4.78 is 13.2. The maximum Gasteiger partial charge on any atom is 0.244 e. The number of rotatable bonds is 3. The van der Waals surface area contributed by atoms with Gasteiger partial charge in [-0.2, -0.15) is 0 Å². The lowest BCUT2D eigenvalue weighted by atomic mass is 10.2. The molecule has 0 saturated carbocycles. The molecule has 0 bridgehead atoms. The molecule has 1 amide bonds. The van der Waals surface area contributed by atoms with Crippen LogP contribution in [0.15, 0.2) is 18.2 Å². The molecular formula is C14H19FN2O. The highest BCUT2D eigenvalue weighted by Crippen LogP contribution is 2.23. The van der Waals surface area contributed by atoms with Crippen LogP contribution in [0, 0.1) is 12.7 Å². The Kier molecular flexibility index (Phi) is 3.66. The normalized spacial score (nSPS) is 19.9. The van der Waals surface area contributed by atoms with Gasteiger partial charge in [0, 0.05) is 18.3 Å². The molecule has 0 spiro atoms. The van der Waals surface area contributed by atoms with Crippen LogP contribution in [0.1, 0.15) is 25.8 Å². The summed E-state index contributed by atoms with van der Waals surface area (Å²) in [6.07, 6.45) is 0.799. The van der Waals surface area contributed by atoms with Crippen LogP contribution in [-0.2, 0) is 4.79 Å². The van der Waals surface area contributed by atoms with Crippen LogP contribution in [0.25, 0.3) is 0 Å². The Morgan fingerprint density at radius 1 is 1.44 bits per heavy atom. The molecule has 3 nitrogen and oxygen atoms in total. The molecule has 1 saturated heterocycles. The van der Waals surface area contributed by atoms with Gasteiger partial charge < -0.3 is 10.2 Å². The van der Waals surface area contributed by atoms with Gasteiger partial charge in [-0.1, -0.05) is 13.8 Å². The number of halogens is 1. The highest BCUT2D eigenvalue weighted by atomic mass is 19.1. The Morgan fingerprint density at radius 3 is 2.78 bits per heavy atom. The van der Waals surface area contributed by atoms with E-state index in [-0.39, 0.29) is 23.8 Å². The maximum absolute atomic E-state index is 13.2. The number of carbonyl (C=O) groups is 1. The first-order valence-corrected chi connectivity index (χ1v) is 6.32. The van der Waals surface area contributed by atoms with Crippen molar-refractivity contribution in [3.63, 3.8) is 0 Å². The second-order valence-electron chi connectivity index (χ2n) is 5.09. The van der Waals surface area contributed by atoms with Gasteiger partial charge in [0.2, 0.25) is 5.91 Å². The zero-order chi connectivity index (χ0) is 13.3. The quantitative estimate of drug-likeness (QED) is 0.892. The Hall–Kier alpha value is -1.42. The highest BCUT2D eigenvalue weighted by molar-refractivity contribution is 5.99. The zero-order valence-electron chi connectivity index (χ0n) is 11.0. The third-order valence-electron chi connectivity index (χ3n) is 3.19. The van der Waals surface area contributed by atoms with Crippen molar-refractivity contribution in [1.82, 2.24) is 5.32 Å². The molecule has 1 aliphatic heterocycles. The van der Waals surface area contributed by atoms with Crippen LogP contribution in [0.2, 0.25) is 0 Å². The van der Waals surface area contributed by atoms with E-state index in [2.05, 4.69) is 5.32 Å². The predicted octanol–water partition coefficient (Wildman–Crippen LogP) is 2.24. The van der Waals surface area contributed by atoms with Crippen molar-refractivity contribution in [2.24, 2.45) is 0 Å². The Bertz CT molecular complexity index is 459. The molecule has 1 aromatic rings. The van der Waals surface area contributed by atoms with Crippen LogP contribution in [0.5, 0.6) is 0 Å². The number of amides is 1. The van der Waals surface area contributed by atoms with Crippen molar-refractivity contribution in [2.75, 3.05) is 11.4 Å². The summed E-state index contributed by atoms with van der Waals surface area (Å²) in [4.78, 5) is 13.9. The summed E-state index contributed by atoms with van der Waals surface area (Å²) in [5, 5.41) is 3.25. The van der Waals surface area contributed by atoms with E-state index >= 15 is 0 Å². The van der Waals surface area contributed by atoms with Gasteiger partial charge in [-0.25, -0.2) is 4.39 Å². The van der Waals surface area contributed by atoms with E-state index in [0.717, 1.165) is 12.1 Å². The zero-order valence-corrected chi connectivity index (χ0v) is 11.0. The standard InChI is InChI=1S/C14H19FN2O/c1-9(2)16-13-6-7-17(14(13)18)11-4-5-12(15)10(3)8-11/h4-5,8-9,13,16H,6-7H2,1-3H3. The van der Waals surface area contributed by atoms with Gasteiger partial charge in [0.15, 0.2) is 0 Å². The molecule has 98 valence electrons. The summed E-state index contributed by atoms with van der Waals surface area (Å²) in [6.45, 7) is 6.45. The minimum atomic E-state index is -0.234. The topological polar surface area (TPSA) is 32.3 Å². The molecule has 2 rings (SSSR count). The van der Waals surface area contributed by atoms with E-state index in [4.69, 9.17) is 0 Å². The van der Waals surface area contributed by atoms with Crippen molar-refractivity contribution in [1.29, 1.82) is 0 Å². The number of nitrogens with one attached hydrogen (secondary N) is 1. The first-order chi connectivity index (χ1) is 8.49. The average Bonchev–Trinajstić information content (AvgIpc) is 2.64. The molecule has 4 heteroatoms. The van der Waals surface area contributed by atoms with Gasteiger partial charge >= 0.3 is 0 Å². The fourth-order valence-electron chi connectivity index (χ4n) is 2.29. The van der Waals surface area contributed by atoms with E-state index in [0.29, 0.717) is 12.1 Å². The van der Waals surface area contributed by atoms with Gasteiger partial charge in [-0.15, -0.1) is 0 Å². The van der Waals surface area contributed by atoms with Crippen LogP contribution >= 0.6 is 0 Å². The van der Waals surface area contributed by atoms with Gasteiger partial charge in [0.25, 0.3) is 0 Å². The van der Waals surface area contributed by atoms with Crippen LogP contribution in [0.4, 0.5) is 10.1 Å². The summed E-state index contributed by atoms with van der Waals surface area (Å²) in [7, 11) is 0. The second kappa shape index (κ2) is 5.06. The number of hydrogen-bond acceptors (Lipinski definition) is 2. The molecule has 0 aliphatic carbocycles. The molecule has 1 fully saturated rings. The summed E-state index contributed by atoms with van der Waals surface area (Å²) >= 11 is 0. The fourth-order valence-corrected chi connectivity index (χ4v) is 2.29. The lowest BCUT2D eigenvalue weighted by molar-refractivity contribution is -0.118. The van der Waals surface area contributed by atoms with Gasteiger partial charge in [-0.3, -0.25) is 4.79 Å². The molecule has 1 aliphatic rings. The molecule has 0 radical (unpaired) electrons. The van der Waals surface area contributed by atoms with Crippen LogP contribution in [-0.4, -0.2) is 24.5 Å². The number of nitrogens with zero attached hydrogens (tertiary/aromatic N) is 1. The van der Waals surface area contributed by atoms with Gasteiger partial charge in [0.05, 0.1) is 6.04 Å². The highest BCUT2D eigenvalue weighted by Gasteiger charge is 2.32. The molecule has 1 N–H and O–H groups in total. The van der Waals surface area contributed by atoms with Crippen molar-refractivity contribution >= 4 is 11.6 Å². The monoisotopic (exact) mass is 250 g/mol. The molecule has 1 unspecified atom stereocenters. The van der Waals surface area contributed by atoms with Crippen LogP contribution < -0.4 is 10.2 Å². The Balaban J connectivity index is 2.15. The fraction of sp³-hybridized carbons (Fsp3) is 0.500. The van der Waals surface area contributed by atoms with E-state index in [1.165, 1.54) is 6.07 Å². The van der Waals surface area contributed by atoms with Crippen molar-refractivity contribution in [3.8, 4) is 0 Å². The third kappa shape index (κ3) is 2.53. The number of anilines is 1. The van der Waals surface area contributed by atoms with Crippen LogP contribution in [0.3, 0.4) is 0 Å². The lowest BCUT2D eigenvalue weighted by Gasteiger charge is -2.19. The molecular weight excluding hydrogens is 231 g/mol. The number of carbonyl (C=O) groups excluding carboxylic acids is 1. The number of hydrogen-bond donors (Lipinski definition) is 1. The molecule has 1 atom stereocenters. The number of aryl methyl sites for hydroxylation is 1. The predicted molar refractivity (Wildman–Crippen MR) is 70.2 cm³/mol. The van der Waals surface area contributed by atoms with E-state index < -0.39 is 0 Å². The van der Waals surface area contributed by atoms with E-state index in [1.54, 1.807) is 24.0 Å². The van der Waals surface area contributed by atoms with E-state index in [9.17, 15) is 9.18 Å². The minimum absolute atomic E-state index is 0.0784. The average molecular weight is 250 g/mol. The SMILES string of the molecule is Cc1cc(N2CCC(NC(C)C)C2=O)ccc1F. The summed E-state index contributed by atoms with van der Waals surface area (Å²) in [5.74, 6) is -0.156. The Morgan fingerprint density at radius 2 is 2.17 bits per heavy atom.